The predicted molar refractivity (Wildman–Crippen MR) is 93.4 cm³/mol. The molecule has 0 N–H and O–H groups in total. The van der Waals surface area contributed by atoms with E-state index in [0.29, 0.717) is 6.42 Å². The van der Waals surface area contributed by atoms with Gasteiger partial charge in [-0.3, -0.25) is 0 Å². The van der Waals surface area contributed by atoms with Crippen LogP contribution in [0.1, 0.15) is 23.6 Å². The van der Waals surface area contributed by atoms with Crippen LogP contribution in [0.5, 0.6) is 5.75 Å². The van der Waals surface area contributed by atoms with Crippen LogP contribution in [-0.2, 0) is 6.42 Å². The Morgan fingerprint density at radius 1 is 1.26 bits per heavy atom. The molecule has 0 heterocycles. The third kappa shape index (κ3) is 4.55. The number of ether oxygens (including phenoxy) is 1. The minimum Gasteiger partial charge on any atom is -0.497 e. The largest absolute Gasteiger partial charge is 0.497 e. The summed E-state index contributed by atoms with van der Waals surface area (Å²) in [5.41, 5.74) is 3.97. The average Bonchev–Trinajstić information content (AvgIpc) is 2.55. The molecule has 0 aliphatic rings. The molecule has 2 rings (SSSR count). The van der Waals surface area contributed by atoms with E-state index >= 15 is 0 Å². The maximum Gasteiger partial charge on any atom is 0.123 e. The zero-order chi connectivity index (χ0) is 16.8. The number of hydrogen-bond acceptors (Lipinski definition) is 2. The Labute approximate surface area is 137 Å². The van der Waals surface area contributed by atoms with Gasteiger partial charge >= 0.3 is 0 Å². The lowest BCUT2D eigenvalue weighted by Crippen LogP contribution is -2.14. The highest BCUT2D eigenvalue weighted by molar-refractivity contribution is 5.65. The molecule has 0 radical (unpaired) electrons. The first-order valence-electron chi connectivity index (χ1n) is 7.70. The van der Waals surface area contributed by atoms with Crippen molar-refractivity contribution in [2.45, 2.75) is 20.3 Å². The SMILES string of the molecule is CCN(C)C=Nc1cc(OC)cc(Cc2cccc(F)c2)c1C. The summed E-state index contributed by atoms with van der Waals surface area (Å²) in [4.78, 5) is 6.56. The fraction of sp³-hybridized carbons (Fsp3) is 0.316. The second-order valence-corrected chi connectivity index (χ2v) is 5.56. The minimum absolute atomic E-state index is 0.217. The van der Waals surface area contributed by atoms with E-state index in [4.69, 9.17) is 4.74 Å². The van der Waals surface area contributed by atoms with Gasteiger partial charge in [0.1, 0.15) is 11.6 Å². The van der Waals surface area contributed by atoms with E-state index in [1.165, 1.54) is 6.07 Å². The van der Waals surface area contributed by atoms with Crippen molar-refractivity contribution in [3.05, 3.63) is 58.9 Å². The molecule has 122 valence electrons. The molecule has 0 unspecified atom stereocenters. The topological polar surface area (TPSA) is 24.8 Å². The van der Waals surface area contributed by atoms with Crippen LogP contribution >= 0.6 is 0 Å². The van der Waals surface area contributed by atoms with Gasteiger partial charge in [0.2, 0.25) is 0 Å². The van der Waals surface area contributed by atoms with Gasteiger partial charge in [-0.25, -0.2) is 9.38 Å². The first-order valence-corrected chi connectivity index (χ1v) is 7.70. The number of nitrogens with zero attached hydrogens (tertiary/aromatic N) is 2. The lowest BCUT2D eigenvalue weighted by Gasteiger charge is -2.13. The molecule has 0 aliphatic carbocycles. The second kappa shape index (κ2) is 7.77. The van der Waals surface area contributed by atoms with Crippen molar-refractivity contribution in [1.82, 2.24) is 4.90 Å². The highest BCUT2D eigenvalue weighted by Crippen LogP contribution is 2.30. The summed E-state index contributed by atoms with van der Waals surface area (Å²) in [7, 11) is 3.62. The molecule has 0 aliphatic heterocycles. The van der Waals surface area contributed by atoms with Crippen LogP contribution in [-0.4, -0.2) is 31.9 Å². The van der Waals surface area contributed by atoms with Crippen molar-refractivity contribution in [3.63, 3.8) is 0 Å². The van der Waals surface area contributed by atoms with Gasteiger partial charge in [-0.15, -0.1) is 0 Å². The Balaban J connectivity index is 2.37. The van der Waals surface area contributed by atoms with E-state index in [1.807, 2.05) is 43.4 Å². The average molecular weight is 314 g/mol. The van der Waals surface area contributed by atoms with Crippen LogP contribution in [0, 0.1) is 12.7 Å². The lowest BCUT2D eigenvalue weighted by atomic mass is 9.99. The number of rotatable bonds is 6. The predicted octanol–water partition coefficient (Wildman–Crippen LogP) is 4.35. The first-order chi connectivity index (χ1) is 11.0. The van der Waals surface area contributed by atoms with Gasteiger partial charge in [0.05, 0.1) is 19.1 Å². The molecule has 4 heteroatoms. The van der Waals surface area contributed by atoms with E-state index in [-0.39, 0.29) is 5.82 Å². The molecule has 23 heavy (non-hydrogen) atoms. The van der Waals surface area contributed by atoms with Crippen molar-refractivity contribution < 1.29 is 9.13 Å². The van der Waals surface area contributed by atoms with Gasteiger partial charge in [0.25, 0.3) is 0 Å². The van der Waals surface area contributed by atoms with Crippen LogP contribution in [0.25, 0.3) is 0 Å². The molecule has 0 fully saturated rings. The Kier molecular flexibility index (Phi) is 5.74. The van der Waals surface area contributed by atoms with Crippen molar-refractivity contribution in [2.24, 2.45) is 4.99 Å². The van der Waals surface area contributed by atoms with Gasteiger partial charge in [0.15, 0.2) is 0 Å². The molecule has 0 spiro atoms. The summed E-state index contributed by atoms with van der Waals surface area (Å²) in [6, 6.07) is 10.6. The molecule has 0 aromatic heterocycles. The molecular formula is C19H23FN2O. The normalized spacial score (nSPS) is 11.0. The van der Waals surface area contributed by atoms with E-state index in [1.54, 1.807) is 19.2 Å². The van der Waals surface area contributed by atoms with Crippen molar-refractivity contribution >= 4 is 12.0 Å². The van der Waals surface area contributed by atoms with Crippen LogP contribution < -0.4 is 4.74 Å². The van der Waals surface area contributed by atoms with Crippen LogP contribution in [0.15, 0.2) is 41.4 Å². The number of benzene rings is 2. The Bertz CT molecular complexity index is 698. The molecule has 2 aromatic rings. The maximum absolute atomic E-state index is 13.4. The molecular weight excluding hydrogens is 291 g/mol. The third-order valence-electron chi connectivity index (χ3n) is 3.87. The van der Waals surface area contributed by atoms with Gasteiger partial charge in [-0.2, -0.15) is 0 Å². The van der Waals surface area contributed by atoms with Crippen molar-refractivity contribution in [2.75, 3.05) is 20.7 Å². The lowest BCUT2D eigenvalue weighted by molar-refractivity contribution is 0.414. The summed E-state index contributed by atoms with van der Waals surface area (Å²) in [6.07, 6.45) is 2.46. The molecule has 0 saturated heterocycles. The number of hydrogen-bond donors (Lipinski definition) is 0. The van der Waals surface area contributed by atoms with E-state index in [9.17, 15) is 4.39 Å². The Morgan fingerprint density at radius 2 is 2.04 bits per heavy atom. The fourth-order valence-electron chi connectivity index (χ4n) is 2.27. The summed E-state index contributed by atoms with van der Waals surface area (Å²) < 4.78 is 18.8. The first kappa shape index (κ1) is 17.0. The van der Waals surface area contributed by atoms with Gasteiger partial charge in [-0.1, -0.05) is 12.1 Å². The van der Waals surface area contributed by atoms with Crippen molar-refractivity contribution in [1.29, 1.82) is 0 Å². The summed E-state index contributed by atoms with van der Waals surface area (Å²) in [5.74, 6) is 0.541. The smallest absolute Gasteiger partial charge is 0.123 e. The standard InChI is InChI=1S/C19H23FN2O/c1-5-22(3)13-21-19-12-18(23-4)11-16(14(19)2)9-15-7-6-8-17(20)10-15/h6-8,10-13H,5,9H2,1-4H3. The molecule has 2 aromatic carbocycles. The fourth-order valence-corrected chi connectivity index (χ4v) is 2.27. The Hall–Kier alpha value is -2.36. The molecule has 3 nitrogen and oxygen atoms in total. The maximum atomic E-state index is 13.4. The summed E-state index contributed by atoms with van der Waals surface area (Å²) in [5, 5.41) is 0. The minimum atomic E-state index is -0.217. The van der Waals surface area contributed by atoms with Crippen LogP contribution in [0.4, 0.5) is 10.1 Å². The van der Waals surface area contributed by atoms with Crippen molar-refractivity contribution in [3.8, 4) is 5.75 Å². The highest BCUT2D eigenvalue weighted by Gasteiger charge is 2.09. The molecule has 0 saturated carbocycles. The number of methoxy groups -OCH3 is 1. The summed E-state index contributed by atoms with van der Waals surface area (Å²) >= 11 is 0. The summed E-state index contributed by atoms with van der Waals surface area (Å²) in [6.45, 7) is 5.00. The second-order valence-electron chi connectivity index (χ2n) is 5.56. The van der Waals surface area contributed by atoms with Gasteiger partial charge in [0, 0.05) is 19.7 Å². The molecule has 0 amide bonds. The van der Waals surface area contributed by atoms with Crippen LogP contribution in [0.3, 0.4) is 0 Å². The highest BCUT2D eigenvalue weighted by atomic mass is 19.1. The van der Waals surface area contributed by atoms with Gasteiger partial charge in [-0.05, 0) is 55.2 Å². The number of aliphatic imine (C=N–C) groups is 1. The zero-order valence-corrected chi connectivity index (χ0v) is 14.1. The zero-order valence-electron chi connectivity index (χ0n) is 14.1. The third-order valence-corrected chi connectivity index (χ3v) is 3.87. The Morgan fingerprint density at radius 3 is 2.70 bits per heavy atom. The number of halogens is 1. The van der Waals surface area contributed by atoms with Crippen LogP contribution in [0.2, 0.25) is 0 Å². The van der Waals surface area contributed by atoms with Gasteiger partial charge < -0.3 is 9.64 Å². The van der Waals surface area contributed by atoms with E-state index in [2.05, 4.69) is 11.9 Å². The monoisotopic (exact) mass is 314 g/mol. The molecule has 0 bridgehead atoms. The van der Waals surface area contributed by atoms with E-state index in [0.717, 1.165) is 34.7 Å². The quantitative estimate of drug-likeness (QED) is 0.585. The molecule has 0 atom stereocenters. The van der Waals surface area contributed by atoms with E-state index < -0.39 is 0 Å².